The van der Waals surface area contributed by atoms with Crippen LogP contribution in [0.2, 0.25) is 0 Å². The van der Waals surface area contributed by atoms with Crippen molar-refractivity contribution >= 4 is 15.9 Å². The molecule has 1 saturated carbocycles. The molecule has 2 aromatic heterocycles. The second-order valence-electron chi connectivity index (χ2n) is 8.60. The van der Waals surface area contributed by atoms with Crippen molar-refractivity contribution in [1.82, 2.24) is 15.2 Å². The third-order valence-corrected chi connectivity index (χ3v) is 7.71. The Kier molecular flexibility index (Phi) is 4.29. The van der Waals surface area contributed by atoms with Gasteiger partial charge in [0.15, 0.2) is 11.5 Å². The Bertz CT molecular complexity index is 1280. The molecule has 3 aromatic rings. The average molecular weight is 485 g/mol. The minimum Gasteiger partial charge on any atom is -0.241 e. The van der Waals surface area contributed by atoms with E-state index in [1.54, 1.807) is 6.07 Å². The zero-order valence-corrected chi connectivity index (χ0v) is 18.3. The number of nitriles is 1. The quantitative estimate of drug-likeness (QED) is 0.461. The minimum atomic E-state index is -0.843. The number of benzene rings is 1. The van der Waals surface area contributed by atoms with Crippen LogP contribution in [0.15, 0.2) is 34.9 Å². The van der Waals surface area contributed by atoms with Crippen LogP contribution in [0.4, 0.5) is 13.2 Å². The van der Waals surface area contributed by atoms with Crippen molar-refractivity contribution in [3.63, 3.8) is 0 Å². The lowest BCUT2D eigenvalue weighted by Gasteiger charge is -2.39. The molecule has 0 unspecified atom stereocenters. The van der Waals surface area contributed by atoms with E-state index in [9.17, 15) is 14.0 Å². The fourth-order valence-electron chi connectivity index (χ4n) is 5.68. The summed E-state index contributed by atoms with van der Waals surface area (Å²) in [5.74, 6) is -2.11. The zero-order chi connectivity index (χ0) is 22.1. The van der Waals surface area contributed by atoms with Crippen molar-refractivity contribution in [2.45, 2.75) is 38.0 Å². The average Bonchev–Trinajstić information content (AvgIpc) is 3.09. The van der Waals surface area contributed by atoms with Gasteiger partial charge in [0, 0.05) is 21.6 Å². The summed E-state index contributed by atoms with van der Waals surface area (Å²) in [6.45, 7) is 4.07. The SMILES string of the molecule is CC1(C)[C@H]2CC[C@]1(c1c(Br)cnc(C#N)c1F)c1nnc(-c3c(F)cccc3F)cc12. The first kappa shape index (κ1) is 20.1. The molecule has 2 atom stereocenters. The topological polar surface area (TPSA) is 62.5 Å². The molecule has 8 heteroatoms. The van der Waals surface area contributed by atoms with Crippen LogP contribution in [0.1, 0.15) is 55.1 Å². The zero-order valence-electron chi connectivity index (χ0n) is 16.7. The van der Waals surface area contributed by atoms with Gasteiger partial charge in [-0.3, -0.25) is 0 Å². The van der Waals surface area contributed by atoms with Crippen molar-refractivity contribution in [3.05, 3.63) is 74.9 Å². The molecule has 31 heavy (non-hydrogen) atoms. The van der Waals surface area contributed by atoms with Crippen molar-refractivity contribution in [2.75, 3.05) is 0 Å². The van der Waals surface area contributed by atoms with Gasteiger partial charge in [0.1, 0.15) is 17.7 Å². The number of hydrogen-bond donors (Lipinski definition) is 0. The third-order valence-electron chi connectivity index (χ3n) is 7.11. The highest BCUT2D eigenvalue weighted by Crippen LogP contribution is 2.70. The fourth-order valence-corrected chi connectivity index (χ4v) is 6.29. The molecule has 2 heterocycles. The van der Waals surface area contributed by atoms with Crippen molar-refractivity contribution in [1.29, 1.82) is 5.26 Å². The molecule has 4 nitrogen and oxygen atoms in total. The predicted molar refractivity (Wildman–Crippen MR) is 111 cm³/mol. The lowest BCUT2D eigenvalue weighted by atomic mass is 9.64. The molecule has 0 spiro atoms. The number of aromatic nitrogens is 3. The number of halogens is 4. The van der Waals surface area contributed by atoms with Gasteiger partial charge >= 0.3 is 0 Å². The first-order valence-corrected chi connectivity index (χ1v) is 10.6. The lowest BCUT2D eigenvalue weighted by Crippen LogP contribution is -2.38. The van der Waals surface area contributed by atoms with Crippen LogP contribution in [-0.2, 0) is 5.41 Å². The van der Waals surface area contributed by atoms with Gasteiger partial charge in [-0.05, 0) is 63.9 Å². The maximum Gasteiger partial charge on any atom is 0.176 e. The van der Waals surface area contributed by atoms with E-state index in [4.69, 9.17) is 0 Å². The highest BCUT2D eigenvalue weighted by Gasteiger charge is 2.65. The number of hydrogen-bond acceptors (Lipinski definition) is 4. The Morgan fingerprint density at radius 2 is 1.87 bits per heavy atom. The van der Waals surface area contributed by atoms with Crippen LogP contribution in [0.25, 0.3) is 11.3 Å². The third kappa shape index (κ3) is 2.44. The molecule has 0 N–H and O–H groups in total. The van der Waals surface area contributed by atoms with Gasteiger partial charge < -0.3 is 0 Å². The summed E-state index contributed by atoms with van der Waals surface area (Å²) in [7, 11) is 0. The summed E-state index contributed by atoms with van der Waals surface area (Å²) in [4.78, 5) is 3.88. The Balaban J connectivity index is 1.79. The molecule has 0 aliphatic heterocycles. The van der Waals surface area contributed by atoms with Gasteiger partial charge in [-0.1, -0.05) is 19.9 Å². The first-order valence-electron chi connectivity index (χ1n) is 9.81. The number of nitrogens with zero attached hydrogens (tertiary/aromatic N) is 4. The summed E-state index contributed by atoms with van der Waals surface area (Å²) >= 11 is 3.43. The molecule has 0 radical (unpaired) electrons. The van der Waals surface area contributed by atoms with Gasteiger partial charge in [-0.25, -0.2) is 18.2 Å². The second kappa shape index (κ2) is 6.60. The van der Waals surface area contributed by atoms with E-state index >= 15 is 4.39 Å². The molecule has 0 saturated heterocycles. The van der Waals surface area contributed by atoms with E-state index < -0.39 is 28.3 Å². The molecular weight excluding hydrogens is 469 g/mol. The van der Waals surface area contributed by atoms with Gasteiger partial charge in [-0.2, -0.15) is 10.4 Å². The summed E-state index contributed by atoms with van der Waals surface area (Å²) in [5, 5.41) is 17.9. The molecule has 2 aliphatic rings. The monoisotopic (exact) mass is 484 g/mol. The maximum absolute atomic E-state index is 15.5. The number of fused-ring (bicyclic) bond motifs is 5. The second-order valence-corrected chi connectivity index (χ2v) is 9.46. The number of pyridine rings is 1. The van der Waals surface area contributed by atoms with Gasteiger partial charge in [0.05, 0.1) is 17.0 Å². The largest absolute Gasteiger partial charge is 0.241 e. The summed E-state index contributed by atoms with van der Waals surface area (Å²) in [5.41, 5.74) is 0.0323. The van der Waals surface area contributed by atoms with Gasteiger partial charge in [0.2, 0.25) is 0 Å². The van der Waals surface area contributed by atoms with Crippen LogP contribution in [0.5, 0.6) is 0 Å². The van der Waals surface area contributed by atoms with E-state index in [1.165, 1.54) is 24.4 Å². The van der Waals surface area contributed by atoms with Crippen LogP contribution in [0, 0.1) is 34.2 Å². The van der Waals surface area contributed by atoms with Gasteiger partial charge in [0.25, 0.3) is 0 Å². The highest BCUT2D eigenvalue weighted by atomic mass is 79.9. The Morgan fingerprint density at radius 1 is 1.16 bits per heavy atom. The molecular formula is C23H16BrF3N4. The summed E-state index contributed by atoms with van der Waals surface area (Å²) in [6, 6.07) is 7.14. The lowest BCUT2D eigenvalue weighted by molar-refractivity contribution is 0.240. The van der Waals surface area contributed by atoms with E-state index in [0.29, 0.717) is 22.2 Å². The first-order chi connectivity index (χ1) is 14.7. The van der Waals surface area contributed by atoms with Crippen molar-refractivity contribution in [3.8, 4) is 17.3 Å². The summed E-state index contributed by atoms with van der Waals surface area (Å²) in [6.07, 6.45) is 2.80. The molecule has 1 fully saturated rings. The summed E-state index contributed by atoms with van der Waals surface area (Å²) < 4.78 is 44.6. The molecule has 5 rings (SSSR count). The highest BCUT2D eigenvalue weighted by molar-refractivity contribution is 9.10. The molecule has 2 aliphatic carbocycles. The van der Waals surface area contributed by atoms with Crippen molar-refractivity contribution in [2.24, 2.45) is 5.41 Å². The molecule has 0 amide bonds. The minimum absolute atomic E-state index is 0.00316. The smallest absolute Gasteiger partial charge is 0.176 e. The van der Waals surface area contributed by atoms with Crippen molar-refractivity contribution < 1.29 is 13.2 Å². The fraction of sp³-hybridized carbons (Fsp3) is 0.304. The standard InChI is InChI=1S/C23H16BrF3N4/c1-22(2)12-6-7-23(22,19-13(24)10-29-17(9-28)20(19)27)21-11(12)8-16(30-31-21)18-14(25)4-3-5-15(18)26/h3-5,8,10,12H,6-7H2,1-2H3/t12-,23-/m0/s1. The maximum atomic E-state index is 15.5. The van der Waals surface area contributed by atoms with E-state index in [1.807, 2.05) is 19.9 Å². The van der Waals surface area contributed by atoms with E-state index in [0.717, 1.165) is 12.0 Å². The number of rotatable bonds is 2. The molecule has 2 bridgehead atoms. The molecule has 156 valence electrons. The van der Waals surface area contributed by atoms with Crippen LogP contribution in [-0.4, -0.2) is 15.2 Å². The van der Waals surface area contributed by atoms with Crippen LogP contribution in [0.3, 0.4) is 0 Å². The van der Waals surface area contributed by atoms with E-state index in [2.05, 4.69) is 31.1 Å². The van der Waals surface area contributed by atoms with Crippen LogP contribution < -0.4 is 0 Å². The Labute approximate surface area is 185 Å². The molecule has 1 aromatic carbocycles. The van der Waals surface area contributed by atoms with Gasteiger partial charge in [-0.15, -0.1) is 5.10 Å². The predicted octanol–water partition coefficient (Wildman–Crippen LogP) is 5.79. The Hall–Kier alpha value is -2.79. The van der Waals surface area contributed by atoms with Crippen LogP contribution >= 0.6 is 15.9 Å². The van der Waals surface area contributed by atoms with E-state index in [-0.39, 0.29) is 22.9 Å². The normalized spacial score (nSPS) is 22.9. The Morgan fingerprint density at radius 3 is 2.55 bits per heavy atom.